The van der Waals surface area contributed by atoms with E-state index in [0.717, 1.165) is 22.2 Å². The van der Waals surface area contributed by atoms with E-state index < -0.39 is 0 Å². The van der Waals surface area contributed by atoms with Crippen molar-refractivity contribution >= 4 is 21.7 Å². The summed E-state index contributed by atoms with van der Waals surface area (Å²) in [5.41, 5.74) is 0.581. The maximum atomic E-state index is 11.2. The van der Waals surface area contributed by atoms with Gasteiger partial charge in [-0.3, -0.25) is 4.79 Å². The molecule has 0 aromatic rings. The molecule has 0 aromatic carbocycles. The predicted octanol–water partition coefficient (Wildman–Crippen LogP) is 7.46. The molecule has 0 aromatic heterocycles. The van der Waals surface area contributed by atoms with Gasteiger partial charge >= 0.3 is 0 Å². The Kier molecular flexibility index (Phi) is 16.3. The van der Waals surface area contributed by atoms with Crippen LogP contribution in [0.4, 0.5) is 0 Å². The average Bonchev–Trinajstić information content (AvgIpc) is 2.54. The van der Waals surface area contributed by atoms with Crippen LogP contribution in [0, 0.1) is 17.8 Å². The molecule has 2 unspecified atom stereocenters. The lowest BCUT2D eigenvalue weighted by Gasteiger charge is -2.31. The number of allylic oxidation sites excluding steroid dienone is 4. The summed E-state index contributed by atoms with van der Waals surface area (Å²) in [6, 6.07) is 0. The van der Waals surface area contributed by atoms with Crippen LogP contribution in [0.1, 0.15) is 74.7 Å². The maximum absolute atomic E-state index is 11.2. The van der Waals surface area contributed by atoms with Crippen molar-refractivity contribution in [3.8, 4) is 0 Å². The molecular formula is C22H39BrO2. The predicted molar refractivity (Wildman–Crippen MR) is 115 cm³/mol. The first-order chi connectivity index (χ1) is 11.7. The Morgan fingerprint density at radius 2 is 1.60 bits per heavy atom. The largest absolute Gasteiger partial charge is 0.494 e. The van der Waals surface area contributed by atoms with Crippen LogP contribution in [-0.2, 0) is 9.53 Å². The SMILES string of the molecule is C=C(/C=C(\C=C(/C)Br)C(C)=O)OCC.CC.CC1CCCC(C)C1C. The quantitative estimate of drug-likeness (QED) is 0.265. The Balaban J connectivity index is 0. The molecule has 0 N–H and O–H groups in total. The zero-order valence-electron chi connectivity index (χ0n) is 17.6. The van der Waals surface area contributed by atoms with E-state index >= 15 is 0 Å². The molecule has 1 saturated carbocycles. The van der Waals surface area contributed by atoms with Crippen LogP contribution in [0.15, 0.2) is 34.5 Å². The molecule has 0 bridgehead atoms. The van der Waals surface area contributed by atoms with Crippen molar-refractivity contribution < 1.29 is 9.53 Å². The van der Waals surface area contributed by atoms with E-state index in [1.807, 2.05) is 27.7 Å². The minimum Gasteiger partial charge on any atom is -0.494 e. The molecule has 0 aliphatic heterocycles. The van der Waals surface area contributed by atoms with E-state index in [2.05, 4.69) is 43.3 Å². The first kappa shape index (κ1) is 26.4. The Bertz CT molecular complexity index is 435. The zero-order valence-corrected chi connectivity index (χ0v) is 19.2. The minimum atomic E-state index is -0.00958. The molecule has 1 aliphatic rings. The summed E-state index contributed by atoms with van der Waals surface area (Å²) in [5.74, 6) is 3.42. The Labute approximate surface area is 164 Å². The summed E-state index contributed by atoms with van der Waals surface area (Å²) in [4.78, 5) is 11.2. The monoisotopic (exact) mass is 414 g/mol. The second-order valence-corrected chi connectivity index (χ2v) is 7.78. The van der Waals surface area contributed by atoms with Crippen LogP contribution >= 0.6 is 15.9 Å². The van der Waals surface area contributed by atoms with E-state index in [-0.39, 0.29) is 5.78 Å². The van der Waals surface area contributed by atoms with Gasteiger partial charge in [0.2, 0.25) is 0 Å². The lowest BCUT2D eigenvalue weighted by molar-refractivity contribution is -0.113. The number of carbonyl (C=O) groups excluding carboxylic acids is 1. The van der Waals surface area contributed by atoms with Crippen molar-refractivity contribution in [3.05, 3.63) is 34.5 Å². The molecule has 0 spiro atoms. The molecule has 0 saturated heterocycles. The van der Waals surface area contributed by atoms with E-state index in [1.165, 1.54) is 26.2 Å². The highest BCUT2D eigenvalue weighted by Gasteiger charge is 2.22. The lowest BCUT2D eigenvalue weighted by atomic mass is 9.75. The summed E-state index contributed by atoms with van der Waals surface area (Å²) in [6.07, 6.45) is 7.77. The molecule has 0 amide bonds. The molecule has 0 heterocycles. The molecule has 3 heteroatoms. The van der Waals surface area contributed by atoms with Crippen molar-refractivity contribution in [2.24, 2.45) is 17.8 Å². The van der Waals surface area contributed by atoms with Crippen molar-refractivity contribution in [1.82, 2.24) is 0 Å². The summed E-state index contributed by atoms with van der Waals surface area (Å²) >= 11 is 3.27. The number of hydrogen-bond donors (Lipinski definition) is 0. The highest BCUT2D eigenvalue weighted by Crippen LogP contribution is 2.33. The normalized spacial score (nSPS) is 23.5. The highest BCUT2D eigenvalue weighted by molar-refractivity contribution is 9.11. The lowest BCUT2D eigenvalue weighted by Crippen LogP contribution is -2.21. The summed E-state index contributed by atoms with van der Waals surface area (Å²) in [7, 11) is 0. The second kappa shape index (κ2) is 15.4. The van der Waals surface area contributed by atoms with Crippen LogP contribution in [0.25, 0.3) is 0 Å². The van der Waals surface area contributed by atoms with Gasteiger partial charge in [0, 0.05) is 5.57 Å². The number of Topliss-reactive ketones (excluding diaryl/α,β-unsaturated/α-hetero) is 1. The van der Waals surface area contributed by atoms with Crippen molar-refractivity contribution in [3.63, 3.8) is 0 Å². The molecule has 2 nitrogen and oxygen atoms in total. The van der Waals surface area contributed by atoms with Gasteiger partial charge in [0.1, 0.15) is 5.76 Å². The van der Waals surface area contributed by atoms with Gasteiger partial charge in [0.05, 0.1) is 6.61 Å². The molecule has 1 fully saturated rings. The maximum Gasteiger partial charge on any atom is 0.159 e. The van der Waals surface area contributed by atoms with Crippen LogP contribution in [0.5, 0.6) is 0 Å². The van der Waals surface area contributed by atoms with Gasteiger partial charge in [-0.2, -0.15) is 0 Å². The van der Waals surface area contributed by atoms with E-state index in [4.69, 9.17) is 4.74 Å². The molecular weight excluding hydrogens is 376 g/mol. The number of halogens is 1. The third kappa shape index (κ3) is 13.1. The minimum absolute atomic E-state index is 0.00958. The standard InChI is InChI=1S/C11H15BrO2.C9H18.C2H6/c1-5-14-9(3)7-11(10(4)13)6-8(2)12;1-7-5-4-6-8(2)9(7)3;1-2/h6-7H,3,5H2,1-2,4H3;7-9H,4-6H2,1-3H3;1-2H3/b8-6+,11-7+;;. The molecule has 1 aliphatic carbocycles. The van der Waals surface area contributed by atoms with Crippen molar-refractivity contribution in [2.75, 3.05) is 6.61 Å². The van der Waals surface area contributed by atoms with Gasteiger partial charge in [-0.05, 0) is 55.2 Å². The first-order valence-electron chi connectivity index (χ1n) is 9.57. The first-order valence-corrected chi connectivity index (χ1v) is 10.4. The smallest absolute Gasteiger partial charge is 0.159 e. The van der Waals surface area contributed by atoms with Crippen LogP contribution in [-0.4, -0.2) is 12.4 Å². The Morgan fingerprint density at radius 1 is 1.12 bits per heavy atom. The van der Waals surface area contributed by atoms with Gasteiger partial charge in [-0.1, -0.05) is 76.4 Å². The molecule has 25 heavy (non-hydrogen) atoms. The van der Waals surface area contributed by atoms with Gasteiger partial charge in [-0.25, -0.2) is 0 Å². The highest BCUT2D eigenvalue weighted by atomic mass is 79.9. The molecule has 2 atom stereocenters. The fourth-order valence-corrected chi connectivity index (χ4v) is 2.95. The van der Waals surface area contributed by atoms with Crippen molar-refractivity contribution in [2.45, 2.75) is 74.7 Å². The second-order valence-electron chi connectivity index (χ2n) is 6.53. The summed E-state index contributed by atoms with van der Waals surface area (Å²) in [5, 5.41) is 0. The van der Waals surface area contributed by atoms with Crippen LogP contribution in [0.3, 0.4) is 0 Å². The third-order valence-corrected chi connectivity index (χ3v) is 4.75. The van der Waals surface area contributed by atoms with Gasteiger partial charge < -0.3 is 4.74 Å². The van der Waals surface area contributed by atoms with Crippen LogP contribution < -0.4 is 0 Å². The number of carbonyl (C=O) groups is 1. The summed E-state index contributed by atoms with van der Waals surface area (Å²) in [6.45, 7) is 20.7. The van der Waals surface area contributed by atoms with E-state index in [0.29, 0.717) is 17.9 Å². The van der Waals surface area contributed by atoms with Gasteiger partial charge in [0.15, 0.2) is 5.78 Å². The van der Waals surface area contributed by atoms with Gasteiger partial charge in [0.25, 0.3) is 0 Å². The number of ketones is 1. The number of rotatable bonds is 5. The molecule has 0 radical (unpaired) electrons. The third-order valence-electron chi connectivity index (χ3n) is 4.52. The average molecular weight is 415 g/mol. The molecule has 146 valence electrons. The van der Waals surface area contributed by atoms with E-state index in [1.54, 1.807) is 12.2 Å². The van der Waals surface area contributed by atoms with Crippen LogP contribution in [0.2, 0.25) is 0 Å². The van der Waals surface area contributed by atoms with Gasteiger partial charge in [-0.15, -0.1) is 0 Å². The fraction of sp³-hybridized carbons (Fsp3) is 0.682. The Morgan fingerprint density at radius 3 is 1.92 bits per heavy atom. The zero-order chi connectivity index (χ0) is 20.0. The van der Waals surface area contributed by atoms with Crippen molar-refractivity contribution in [1.29, 1.82) is 0 Å². The number of hydrogen-bond acceptors (Lipinski definition) is 2. The number of ether oxygens (including phenoxy) is 1. The topological polar surface area (TPSA) is 26.3 Å². The van der Waals surface area contributed by atoms with E-state index in [9.17, 15) is 4.79 Å². The Hall–Kier alpha value is -0.830. The summed E-state index contributed by atoms with van der Waals surface area (Å²) < 4.78 is 6.03. The molecule has 1 rings (SSSR count). The fourth-order valence-electron chi connectivity index (χ4n) is 2.71.